The van der Waals surface area contributed by atoms with E-state index in [0.29, 0.717) is 19.8 Å². The number of carbonyl (C=O) groups excluding carboxylic acids is 1. The van der Waals surface area contributed by atoms with Gasteiger partial charge in [0, 0.05) is 38.6 Å². The first-order valence-corrected chi connectivity index (χ1v) is 7.24. The maximum atomic E-state index is 12.3. The molecule has 4 unspecified atom stereocenters. The quantitative estimate of drug-likeness (QED) is 0.787. The largest absolute Gasteiger partial charge is 0.378 e. The molecule has 1 saturated carbocycles. The summed E-state index contributed by atoms with van der Waals surface area (Å²) in [5.41, 5.74) is 5.71. The van der Waals surface area contributed by atoms with Gasteiger partial charge in [-0.05, 0) is 18.8 Å². The fourth-order valence-electron chi connectivity index (χ4n) is 3.11. The number of nitrogens with one attached hydrogen (secondary N) is 1. The van der Waals surface area contributed by atoms with Crippen molar-refractivity contribution in [2.45, 2.75) is 44.2 Å². The Hall–Kier alpha value is -0.650. The van der Waals surface area contributed by atoms with E-state index >= 15 is 0 Å². The van der Waals surface area contributed by atoms with Crippen molar-refractivity contribution in [2.75, 3.05) is 26.9 Å². The maximum absolute atomic E-state index is 12.3. The van der Waals surface area contributed by atoms with Crippen molar-refractivity contribution in [2.24, 2.45) is 17.6 Å². The average molecular weight is 270 g/mol. The van der Waals surface area contributed by atoms with Crippen molar-refractivity contribution < 1.29 is 14.3 Å². The van der Waals surface area contributed by atoms with Crippen LogP contribution < -0.4 is 11.1 Å². The van der Waals surface area contributed by atoms with Gasteiger partial charge in [-0.25, -0.2) is 0 Å². The summed E-state index contributed by atoms with van der Waals surface area (Å²) in [5.74, 6) is 0.415. The number of amides is 1. The minimum absolute atomic E-state index is 0.0416. The lowest BCUT2D eigenvalue weighted by molar-refractivity contribution is -0.129. The van der Waals surface area contributed by atoms with Gasteiger partial charge in [0.1, 0.15) is 5.60 Å². The van der Waals surface area contributed by atoms with Gasteiger partial charge >= 0.3 is 0 Å². The molecular weight excluding hydrogens is 244 g/mol. The fourth-order valence-corrected chi connectivity index (χ4v) is 3.11. The zero-order valence-corrected chi connectivity index (χ0v) is 12.0. The van der Waals surface area contributed by atoms with Crippen LogP contribution in [-0.4, -0.2) is 44.4 Å². The minimum Gasteiger partial charge on any atom is -0.378 e. The molecule has 1 aliphatic heterocycles. The van der Waals surface area contributed by atoms with Crippen LogP contribution in [0.2, 0.25) is 0 Å². The predicted octanol–water partition coefficient (Wildman–Crippen LogP) is 0.672. The van der Waals surface area contributed by atoms with E-state index in [0.717, 1.165) is 25.7 Å². The molecule has 0 radical (unpaired) electrons. The minimum atomic E-state index is -0.338. The second kappa shape index (κ2) is 6.20. The average Bonchev–Trinajstić information content (AvgIpc) is 2.89. The second-order valence-corrected chi connectivity index (χ2v) is 5.97. The van der Waals surface area contributed by atoms with E-state index < -0.39 is 0 Å². The van der Waals surface area contributed by atoms with Gasteiger partial charge < -0.3 is 20.5 Å². The summed E-state index contributed by atoms with van der Waals surface area (Å²) in [6.45, 7) is 3.87. The van der Waals surface area contributed by atoms with Crippen LogP contribution in [-0.2, 0) is 14.3 Å². The van der Waals surface area contributed by atoms with Gasteiger partial charge in [-0.15, -0.1) is 0 Å². The molecule has 1 saturated heterocycles. The zero-order valence-electron chi connectivity index (χ0n) is 12.0. The Balaban J connectivity index is 1.86. The lowest BCUT2D eigenvalue weighted by Crippen LogP contribution is -2.49. The molecule has 19 heavy (non-hydrogen) atoms. The third-order valence-corrected chi connectivity index (χ3v) is 4.78. The summed E-state index contributed by atoms with van der Waals surface area (Å²) in [4.78, 5) is 12.3. The first-order valence-electron chi connectivity index (χ1n) is 7.24. The van der Waals surface area contributed by atoms with Crippen molar-refractivity contribution >= 4 is 5.91 Å². The Morgan fingerprint density at radius 1 is 1.53 bits per heavy atom. The smallest absolute Gasteiger partial charge is 0.223 e. The molecule has 5 nitrogen and oxygen atoms in total. The van der Waals surface area contributed by atoms with E-state index in [4.69, 9.17) is 15.2 Å². The molecule has 0 aromatic rings. The van der Waals surface area contributed by atoms with Gasteiger partial charge in [0.05, 0.1) is 6.61 Å². The number of hydrogen-bond donors (Lipinski definition) is 2. The monoisotopic (exact) mass is 270 g/mol. The van der Waals surface area contributed by atoms with Crippen molar-refractivity contribution in [3.8, 4) is 0 Å². The molecule has 1 heterocycles. The van der Waals surface area contributed by atoms with Crippen molar-refractivity contribution in [3.05, 3.63) is 0 Å². The van der Waals surface area contributed by atoms with Crippen molar-refractivity contribution in [1.82, 2.24) is 5.32 Å². The molecule has 110 valence electrons. The normalized spacial score (nSPS) is 39.2. The number of rotatable bonds is 4. The highest BCUT2D eigenvalue weighted by atomic mass is 16.5. The van der Waals surface area contributed by atoms with Gasteiger partial charge in [-0.3, -0.25) is 4.79 Å². The summed E-state index contributed by atoms with van der Waals surface area (Å²) in [5, 5.41) is 3.04. The number of nitrogens with two attached hydrogens (primary N) is 1. The topological polar surface area (TPSA) is 73.6 Å². The van der Waals surface area contributed by atoms with E-state index in [1.54, 1.807) is 7.11 Å². The standard InChI is InChI=1S/C14H26N2O3/c1-10-11(4-3-5-12(10)15)13(17)16-8-14(18-2)6-7-19-9-14/h10-12H,3-9,15H2,1-2H3,(H,16,17). The summed E-state index contributed by atoms with van der Waals surface area (Å²) in [7, 11) is 1.68. The molecule has 2 aliphatic rings. The number of hydrogen-bond acceptors (Lipinski definition) is 4. The Morgan fingerprint density at radius 3 is 2.95 bits per heavy atom. The lowest BCUT2D eigenvalue weighted by Gasteiger charge is -2.34. The number of methoxy groups -OCH3 is 1. The highest BCUT2D eigenvalue weighted by Crippen LogP contribution is 2.29. The second-order valence-electron chi connectivity index (χ2n) is 5.97. The first kappa shape index (κ1) is 14.8. The maximum Gasteiger partial charge on any atom is 0.223 e. The number of ether oxygens (including phenoxy) is 2. The summed E-state index contributed by atoms with van der Waals surface area (Å²) in [6, 6.07) is 0.149. The van der Waals surface area contributed by atoms with Gasteiger partial charge in [-0.1, -0.05) is 13.3 Å². The van der Waals surface area contributed by atoms with Gasteiger partial charge in [-0.2, -0.15) is 0 Å². The number of carbonyl (C=O) groups is 1. The SMILES string of the molecule is COC1(CNC(=O)C2CCCC(N)C2C)CCOC1. The first-order chi connectivity index (χ1) is 9.08. The zero-order chi connectivity index (χ0) is 13.9. The molecule has 2 rings (SSSR count). The lowest BCUT2D eigenvalue weighted by atomic mass is 9.77. The van der Waals surface area contributed by atoms with Gasteiger partial charge in [0.15, 0.2) is 0 Å². The van der Waals surface area contributed by atoms with Crippen LogP contribution >= 0.6 is 0 Å². The summed E-state index contributed by atoms with van der Waals surface area (Å²) in [6.07, 6.45) is 3.85. The molecule has 4 atom stereocenters. The summed E-state index contributed by atoms with van der Waals surface area (Å²) >= 11 is 0. The highest BCUT2D eigenvalue weighted by molar-refractivity contribution is 5.79. The van der Waals surface area contributed by atoms with Gasteiger partial charge in [0.25, 0.3) is 0 Å². The molecule has 0 aromatic heterocycles. The molecule has 3 N–H and O–H groups in total. The van der Waals surface area contributed by atoms with Crippen LogP contribution in [0.4, 0.5) is 0 Å². The van der Waals surface area contributed by atoms with Crippen LogP contribution in [0.15, 0.2) is 0 Å². The van der Waals surface area contributed by atoms with E-state index in [-0.39, 0.29) is 29.4 Å². The third-order valence-electron chi connectivity index (χ3n) is 4.78. The third kappa shape index (κ3) is 3.27. The molecule has 0 spiro atoms. The van der Waals surface area contributed by atoms with E-state index in [2.05, 4.69) is 12.2 Å². The molecule has 1 amide bonds. The van der Waals surface area contributed by atoms with Crippen molar-refractivity contribution in [1.29, 1.82) is 0 Å². The molecule has 1 aliphatic carbocycles. The Kier molecular flexibility index (Phi) is 4.81. The van der Waals surface area contributed by atoms with Crippen LogP contribution in [0.1, 0.15) is 32.6 Å². The van der Waals surface area contributed by atoms with Crippen LogP contribution in [0.25, 0.3) is 0 Å². The van der Waals surface area contributed by atoms with Crippen LogP contribution in [0.5, 0.6) is 0 Å². The molecule has 0 aromatic carbocycles. The molecule has 0 bridgehead atoms. The molecule has 2 fully saturated rings. The molecular formula is C14H26N2O3. The van der Waals surface area contributed by atoms with Crippen LogP contribution in [0, 0.1) is 11.8 Å². The van der Waals surface area contributed by atoms with Crippen molar-refractivity contribution in [3.63, 3.8) is 0 Å². The van der Waals surface area contributed by atoms with Gasteiger partial charge in [0.2, 0.25) is 5.91 Å². The molecule has 5 heteroatoms. The predicted molar refractivity (Wildman–Crippen MR) is 72.7 cm³/mol. The van der Waals surface area contributed by atoms with E-state index in [1.165, 1.54) is 0 Å². The Labute approximate surface area is 115 Å². The summed E-state index contributed by atoms with van der Waals surface area (Å²) < 4.78 is 10.9. The highest BCUT2D eigenvalue weighted by Gasteiger charge is 2.37. The van der Waals surface area contributed by atoms with E-state index in [9.17, 15) is 4.79 Å². The van der Waals surface area contributed by atoms with Crippen LogP contribution in [0.3, 0.4) is 0 Å². The van der Waals surface area contributed by atoms with E-state index in [1.807, 2.05) is 0 Å². The Morgan fingerprint density at radius 2 is 2.32 bits per heavy atom. The Bertz CT molecular complexity index is 316. The fraction of sp³-hybridized carbons (Fsp3) is 0.929.